The first kappa shape index (κ1) is 23.3. The number of thioether (sulfide) groups is 1. The molecule has 0 saturated carbocycles. The average Bonchev–Trinajstić information content (AvgIpc) is 3.15. The number of hydrogen-bond donors (Lipinski definition) is 0. The highest BCUT2D eigenvalue weighted by molar-refractivity contribution is 9.10. The summed E-state index contributed by atoms with van der Waals surface area (Å²) in [6.07, 6.45) is 3.60. The molecule has 0 saturated heterocycles. The molecule has 0 N–H and O–H groups in total. The van der Waals surface area contributed by atoms with E-state index in [-0.39, 0.29) is 0 Å². The van der Waals surface area contributed by atoms with Crippen LogP contribution in [0.3, 0.4) is 0 Å². The Bertz CT molecular complexity index is 1010. The third kappa shape index (κ3) is 6.58. The Balaban J connectivity index is 1.82. The van der Waals surface area contributed by atoms with Gasteiger partial charge in [-0.25, -0.2) is 0 Å². The minimum atomic E-state index is 0.573. The molecule has 0 unspecified atom stereocenters. The highest BCUT2D eigenvalue weighted by Crippen LogP contribution is 2.28. The Morgan fingerprint density at radius 1 is 1.00 bits per heavy atom. The summed E-state index contributed by atoms with van der Waals surface area (Å²) >= 11 is 5.10. The lowest BCUT2D eigenvalue weighted by atomic mass is 10.2. The third-order valence-corrected chi connectivity index (χ3v) is 5.84. The fraction of sp³-hybridized carbons (Fsp3) is 0.348. The Morgan fingerprint density at radius 3 is 2.45 bits per heavy atom. The minimum absolute atomic E-state index is 0.573. The molecule has 1 aromatic heterocycles. The number of nitrogens with zero attached hydrogens (tertiary/aromatic N) is 4. The lowest BCUT2D eigenvalue weighted by Gasteiger charge is -2.11. The number of ether oxygens (including phenoxy) is 2. The zero-order chi connectivity index (χ0) is 22.1. The topological polar surface area (TPSA) is 61.5 Å². The fourth-order valence-corrected chi connectivity index (χ4v) is 4.01. The molecular weight excluding hydrogens is 476 g/mol. The van der Waals surface area contributed by atoms with E-state index in [9.17, 15) is 0 Å². The van der Waals surface area contributed by atoms with Gasteiger partial charge in [-0.2, -0.15) is 9.78 Å². The molecule has 8 heteroatoms. The van der Waals surface area contributed by atoms with Crippen LogP contribution in [0.25, 0.3) is 0 Å². The average molecular weight is 503 g/mol. The second-order valence-electron chi connectivity index (χ2n) is 6.69. The number of aryl methyl sites for hydroxylation is 1. The molecule has 0 spiro atoms. The number of hydrogen-bond acceptors (Lipinski definition) is 6. The Hall–Kier alpha value is -2.32. The summed E-state index contributed by atoms with van der Waals surface area (Å²) in [7, 11) is 0. The largest absolute Gasteiger partial charge is 0.490 e. The van der Waals surface area contributed by atoms with Gasteiger partial charge in [0.05, 0.1) is 19.4 Å². The van der Waals surface area contributed by atoms with Crippen LogP contribution in [0.15, 0.2) is 57.2 Å². The van der Waals surface area contributed by atoms with E-state index in [1.165, 1.54) is 5.56 Å². The van der Waals surface area contributed by atoms with Gasteiger partial charge in [0.25, 0.3) is 0 Å². The number of rotatable bonds is 11. The van der Waals surface area contributed by atoms with E-state index in [0.717, 1.165) is 51.1 Å². The molecule has 0 amide bonds. The molecule has 0 aliphatic heterocycles. The van der Waals surface area contributed by atoms with E-state index in [1.54, 1.807) is 11.8 Å². The molecular formula is C23H27BrN4O2S. The molecule has 2 aromatic carbocycles. The predicted octanol–water partition coefficient (Wildman–Crippen LogP) is 5.97. The second-order valence-corrected chi connectivity index (χ2v) is 8.55. The summed E-state index contributed by atoms with van der Waals surface area (Å²) in [5.41, 5.74) is 2.14. The standard InChI is InChI=1S/C23H27BrN4O2S/c1-4-7-22-26-27-23(31-16-17-8-11-19(24)12-9-17)28(22)25-15-18-10-13-20(29-5-2)21(14-18)30-6-3/h8-15H,4-7,16H2,1-3H3/b25-15+. The van der Waals surface area contributed by atoms with Crippen LogP contribution in [-0.4, -0.2) is 34.3 Å². The van der Waals surface area contributed by atoms with Crippen molar-refractivity contribution in [2.45, 2.75) is 44.5 Å². The highest BCUT2D eigenvalue weighted by atomic mass is 79.9. The molecule has 6 nitrogen and oxygen atoms in total. The van der Waals surface area contributed by atoms with E-state index >= 15 is 0 Å². The quantitative estimate of drug-likeness (QED) is 0.239. The van der Waals surface area contributed by atoms with Crippen molar-refractivity contribution in [3.8, 4) is 11.5 Å². The highest BCUT2D eigenvalue weighted by Gasteiger charge is 2.12. The van der Waals surface area contributed by atoms with Gasteiger partial charge in [-0.15, -0.1) is 10.2 Å². The van der Waals surface area contributed by atoms with Gasteiger partial charge in [0, 0.05) is 16.6 Å². The lowest BCUT2D eigenvalue weighted by molar-refractivity contribution is 0.288. The molecule has 0 aliphatic rings. The summed E-state index contributed by atoms with van der Waals surface area (Å²) in [4.78, 5) is 0. The van der Waals surface area contributed by atoms with Crippen LogP contribution in [0, 0.1) is 0 Å². The maximum Gasteiger partial charge on any atom is 0.212 e. The zero-order valence-electron chi connectivity index (χ0n) is 18.0. The Morgan fingerprint density at radius 2 is 1.74 bits per heavy atom. The molecule has 31 heavy (non-hydrogen) atoms. The molecule has 0 atom stereocenters. The van der Waals surface area contributed by atoms with Crippen molar-refractivity contribution in [2.75, 3.05) is 13.2 Å². The van der Waals surface area contributed by atoms with Crippen molar-refractivity contribution in [1.82, 2.24) is 14.9 Å². The zero-order valence-corrected chi connectivity index (χ0v) is 20.4. The van der Waals surface area contributed by atoms with Crippen LogP contribution in [0.1, 0.15) is 44.1 Å². The van der Waals surface area contributed by atoms with Crippen molar-refractivity contribution < 1.29 is 9.47 Å². The van der Waals surface area contributed by atoms with Crippen LogP contribution in [0.2, 0.25) is 0 Å². The van der Waals surface area contributed by atoms with E-state index in [4.69, 9.17) is 14.6 Å². The van der Waals surface area contributed by atoms with Crippen molar-refractivity contribution >= 4 is 33.9 Å². The van der Waals surface area contributed by atoms with Crippen LogP contribution in [0.5, 0.6) is 11.5 Å². The SMILES string of the molecule is CCCc1nnc(SCc2ccc(Br)cc2)n1/N=C/c1ccc(OCC)c(OCC)c1. The first-order chi connectivity index (χ1) is 15.1. The summed E-state index contributed by atoms with van der Waals surface area (Å²) in [5, 5.41) is 14.2. The van der Waals surface area contributed by atoms with Crippen LogP contribution < -0.4 is 9.47 Å². The van der Waals surface area contributed by atoms with E-state index in [0.29, 0.717) is 13.2 Å². The maximum absolute atomic E-state index is 5.72. The minimum Gasteiger partial charge on any atom is -0.490 e. The summed E-state index contributed by atoms with van der Waals surface area (Å²) in [6, 6.07) is 14.1. The second kappa shape index (κ2) is 11.9. The summed E-state index contributed by atoms with van der Waals surface area (Å²) < 4.78 is 14.3. The fourth-order valence-electron chi connectivity index (χ4n) is 2.88. The van der Waals surface area contributed by atoms with Gasteiger partial charge >= 0.3 is 0 Å². The normalized spacial score (nSPS) is 11.2. The van der Waals surface area contributed by atoms with Crippen molar-refractivity contribution in [3.63, 3.8) is 0 Å². The molecule has 0 radical (unpaired) electrons. The molecule has 164 valence electrons. The molecule has 0 bridgehead atoms. The van der Waals surface area contributed by atoms with Gasteiger partial charge in [0.2, 0.25) is 5.16 Å². The summed E-state index contributed by atoms with van der Waals surface area (Å²) in [6.45, 7) is 7.20. The van der Waals surface area contributed by atoms with Crippen LogP contribution >= 0.6 is 27.7 Å². The number of aromatic nitrogens is 3. The Labute approximate surface area is 196 Å². The van der Waals surface area contributed by atoms with Gasteiger partial charge in [0.1, 0.15) is 0 Å². The van der Waals surface area contributed by atoms with Crippen molar-refractivity contribution in [2.24, 2.45) is 5.10 Å². The monoisotopic (exact) mass is 502 g/mol. The van der Waals surface area contributed by atoms with Crippen LogP contribution in [-0.2, 0) is 12.2 Å². The van der Waals surface area contributed by atoms with Gasteiger partial charge < -0.3 is 9.47 Å². The molecule has 3 rings (SSSR count). The molecule has 1 heterocycles. The third-order valence-electron chi connectivity index (χ3n) is 4.32. The van der Waals surface area contributed by atoms with Gasteiger partial charge in [-0.05, 0) is 61.7 Å². The lowest BCUT2D eigenvalue weighted by Crippen LogP contribution is -2.01. The van der Waals surface area contributed by atoms with E-state index in [1.807, 2.05) is 55.1 Å². The van der Waals surface area contributed by atoms with Gasteiger partial charge in [-0.3, -0.25) is 0 Å². The number of benzene rings is 2. The first-order valence-corrected chi connectivity index (χ1v) is 12.2. The van der Waals surface area contributed by atoms with Crippen LogP contribution in [0.4, 0.5) is 0 Å². The first-order valence-electron chi connectivity index (χ1n) is 10.4. The van der Waals surface area contributed by atoms with Gasteiger partial charge in [-0.1, -0.05) is 46.7 Å². The summed E-state index contributed by atoms with van der Waals surface area (Å²) in [5.74, 6) is 3.11. The molecule has 0 aliphatic carbocycles. The maximum atomic E-state index is 5.72. The predicted molar refractivity (Wildman–Crippen MR) is 129 cm³/mol. The smallest absolute Gasteiger partial charge is 0.212 e. The van der Waals surface area contributed by atoms with E-state index in [2.05, 4.69) is 45.2 Å². The van der Waals surface area contributed by atoms with E-state index < -0.39 is 0 Å². The Kier molecular flexibility index (Phi) is 8.97. The number of halogens is 1. The molecule has 0 fully saturated rings. The van der Waals surface area contributed by atoms with Crippen molar-refractivity contribution in [3.05, 3.63) is 63.9 Å². The molecule has 3 aromatic rings. The van der Waals surface area contributed by atoms with Gasteiger partial charge in [0.15, 0.2) is 17.3 Å². The van der Waals surface area contributed by atoms with Crippen molar-refractivity contribution in [1.29, 1.82) is 0 Å².